The Morgan fingerprint density at radius 2 is 1.69 bits per heavy atom. The summed E-state index contributed by atoms with van der Waals surface area (Å²) in [5.41, 5.74) is 9.97. The Morgan fingerprint density at radius 3 is 2.44 bits per heavy atom. The van der Waals surface area contributed by atoms with E-state index in [1.807, 2.05) is 0 Å². The Labute approximate surface area is 98.4 Å². The molecule has 3 rings (SSSR count). The highest BCUT2D eigenvalue weighted by molar-refractivity contribution is 5.60. The molecule has 0 bridgehead atoms. The van der Waals surface area contributed by atoms with Crippen LogP contribution < -0.4 is 0 Å². The van der Waals surface area contributed by atoms with Gasteiger partial charge in [0.25, 0.3) is 0 Å². The van der Waals surface area contributed by atoms with Crippen molar-refractivity contribution in [3.8, 4) is 0 Å². The third kappa shape index (κ3) is 1.10. The molecule has 0 heteroatoms. The van der Waals surface area contributed by atoms with Gasteiger partial charge in [0.05, 0.1) is 0 Å². The van der Waals surface area contributed by atoms with Crippen molar-refractivity contribution in [3.63, 3.8) is 0 Å². The lowest BCUT2D eigenvalue weighted by molar-refractivity contribution is 0.515. The van der Waals surface area contributed by atoms with Crippen LogP contribution in [0.4, 0.5) is 0 Å². The maximum absolute atomic E-state index is 2.41. The smallest absolute Gasteiger partial charge is 0.0116 e. The molecule has 0 saturated carbocycles. The van der Waals surface area contributed by atoms with E-state index < -0.39 is 0 Å². The summed E-state index contributed by atoms with van der Waals surface area (Å²) in [5.74, 6) is 0. The van der Waals surface area contributed by atoms with E-state index in [1.54, 1.807) is 22.3 Å². The third-order valence-corrected chi connectivity index (χ3v) is 4.62. The fraction of sp³-hybridized carbons (Fsp3) is 0.500. The molecule has 0 amide bonds. The zero-order chi connectivity index (χ0) is 11.5. The minimum Gasteiger partial charge on any atom is -0.0772 e. The van der Waals surface area contributed by atoms with Crippen molar-refractivity contribution in [2.24, 2.45) is 5.41 Å². The zero-order valence-corrected chi connectivity index (χ0v) is 10.8. The minimum atomic E-state index is 0.272. The SMILES string of the molecule is CC1=CCC2=C1CC1=C(C(C)=CC1)C2(C)C. The summed E-state index contributed by atoms with van der Waals surface area (Å²) in [4.78, 5) is 0. The van der Waals surface area contributed by atoms with Crippen molar-refractivity contribution in [3.05, 3.63) is 45.6 Å². The molecule has 0 atom stereocenters. The van der Waals surface area contributed by atoms with Gasteiger partial charge in [-0.05, 0) is 44.3 Å². The van der Waals surface area contributed by atoms with Crippen molar-refractivity contribution in [1.82, 2.24) is 0 Å². The molecule has 0 nitrogen and oxygen atoms in total. The van der Waals surface area contributed by atoms with E-state index in [-0.39, 0.29) is 5.41 Å². The van der Waals surface area contributed by atoms with Gasteiger partial charge in [-0.2, -0.15) is 0 Å². The topological polar surface area (TPSA) is 0 Å². The fourth-order valence-electron chi connectivity index (χ4n) is 3.84. The molecule has 16 heavy (non-hydrogen) atoms. The maximum Gasteiger partial charge on any atom is 0.0116 e. The van der Waals surface area contributed by atoms with Gasteiger partial charge in [-0.25, -0.2) is 0 Å². The number of hydrogen-bond donors (Lipinski definition) is 0. The quantitative estimate of drug-likeness (QED) is 0.545. The summed E-state index contributed by atoms with van der Waals surface area (Å²) in [5, 5.41) is 0. The van der Waals surface area contributed by atoms with Crippen molar-refractivity contribution < 1.29 is 0 Å². The fourth-order valence-corrected chi connectivity index (χ4v) is 3.84. The molecule has 3 aliphatic carbocycles. The molecule has 0 aromatic carbocycles. The summed E-state index contributed by atoms with van der Waals surface area (Å²) in [6.07, 6.45) is 8.40. The van der Waals surface area contributed by atoms with E-state index in [2.05, 4.69) is 39.8 Å². The average molecular weight is 212 g/mol. The monoisotopic (exact) mass is 212 g/mol. The normalized spacial score (nSPS) is 26.8. The zero-order valence-electron chi connectivity index (χ0n) is 10.8. The first kappa shape index (κ1) is 10.1. The first-order chi connectivity index (χ1) is 7.51. The number of allylic oxidation sites excluding steroid dienone is 8. The lowest BCUT2D eigenvalue weighted by atomic mass is 9.68. The molecule has 0 unspecified atom stereocenters. The van der Waals surface area contributed by atoms with Gasteiger partial charge in [-0.15, -0.1) is 0 Å². The van der Waals surface area contributed by atoms with E-state index >= 15 is 0 Å². The van der Waals surface area contributed by atoms with Crippen LogP contribution in [-0.2, 0) is 0 Å². The van der Waals surface area contributed by atoms with Crippen molar-refractivity contribution in [2.75, 3.05) is 0 Å². The molecule has 3 aliphatic rings. The van der Waals surface area contributed by atoms with Gasteiger partial charge in [-0.1, -0.05) is 48.3 Å². The molecule has 0 radical (unpaired) electrons. The first-order valence-electron chi connectivity index (χ1n) is 6.31. The Balaban J connectivity index is 2.13. The second-order valence-corrected chi connectivity index (χ2v) is 5.92. The molecule has 0 saturated heterocycles. The summed E-state index contributed by atoms with van der Waals surface area (Å²) in [6, 6.07) is 0. The first-order valence-corrected chi connectivity index (χ1v) is 6.31. The average Bonchev–Trinajstić information content (AvgIpc) is 2.74. The second kappa shape index (κ2) is 3.00. The Morgan fingerprint density at radius 1 is 1.00 bits per heavy atom. The van der Waals surface area contributed by atoms with Gasteiger partial charge >= 0.3 is 0 Å². The minimum absolute atomic E-state index is 0.272. The van der Waals surface area contributed by atoms with E-state index in [0.717, 1.165) is 0 Å². The van der Waals surface area contributed by atoms with E-state index in [1.165, 1.54) is 30.4 Å². The van der Waals surface area contributed by atoms with E-state index in [4.69, 9.17) is 0 Å². The maximum atomic E-state index is 2.41. The molecule has 0 aromatic rings. The van der Waals surface area contributed by atoms with Crippen LogP contribution in [-0.4, -0.2) is 0 Å². The molecule has 0 spiro atoms. The lowest BCUT2D eigenvalue weighted by Gasteiger charge is -2.36. The third-order valence-electron chi connectivity index (χ3n) is 4.62. The number of hydrogen-bond acceptors (Lipinski definition) is 0. The Bertz CT molecular complexity index is 490. The molecule has 0 aliphatic heterocycles. The van der Waals surface area contributed by atoms with Crippen LogP contribution in [0.2, 0.25) is 0 Å². The standard InChI is InChI=1S/C16H20/c1-10-6-8-14-13(10)9-12-7-5-11(2)15(12)16(14,3)4/h5-6H,7-9H2,1-4H3. The largest absolute Gasteiger partial charge is 0.0772 e. The van der Waals surface area contributed by atoms with Crippen LogP contribution in [0.3, 0.4) is 0 Å². The van der Waals surface area contributed by atoms with Crippen LogP contribution in [0, 0.1) is 5.41 Å². The lowest BCUT2D eigenvalue weighted by Crippen LogP contribution is -2.23. The van der Waals surface area contributed by atoms with Gasteiger partial charge in [0.1, 0.15) is 0 Å². The molecule has 0 fully saturated rings. The van der Waals surface area contributed by atoms with Crippen molar-refractivity contribution >= 4 is 0 Å². The van der Waals surface area contributed by atoms with Crippen LogP contribution >= 0.6 is 0 Å². The van der Waals surface area contributed by atoms with Gasteiger partial charge in [0.2, 0.25) is 0 Å². The summed E-state index contributed by atoms with van der Waals surface area (Å²) >= 11 is 0. The van der Waals surface area contributed by atoms with Gasteiger partial charge in [0, 0.05) is 5.41 Å². The Hall–Kier alpha value is -1.04. The van der Waals surface area contributed by atoms with E-state index in [0.29, 0.717) is 0 Å². The molecule has 0 heterocycles. The summed E-state index contributed by atoms with van der Waals surface area (Å²) < 4.78 is 0. The molecule has 84 valence electrons. The molecule has 0 N–H and O–H groups in total. The van der Waals surface area contributed by atoms with Crippen LogP contribution in [0.15, 0.2) is 45.6 Å². The van der Waals surface area contributed by atoms with Gasteiger partial charge < -0.3 is 0 Å². The molecular weight excluding hydrogens is 192 g/mol. The predicted octanol–water partition coefficient (Wildman–Crippen LogP) is 4.71. The molecule has 0 aromatic heterocycles. The number of rotatable bonds is 0. The second-order valence-electron chi connectivity index (χ2n) is 5.92. The highest BCUT2D eigenvalue weighted by Crippen LogP contribution is 2.54. The predicted molar refractivity (Wildman–Crippen MR) is 69.2 cm³/mol. The van der Waals surface area contributed by atoms with E-state index in [9.17, 15) is 0 Å². The summed E-state index contributed by atoms with van der Waals surface area (Å²) in [7, 11) is 0. The molecular formula is C16H20. The summed E-state index contributed by atoms with van der Waals surface area (Å²) in [6.45, 7) is 9.38. The van der Waals surface area contributed by atoms with Crippen LogP contribution in [0.1, 0.15) is 47.0 Å². The van der Waals surface area contributed by atoms with Crippen LogP contribution in [0.5, 0.6) is 0 Å². The van der Waals surface area contributed by atoms with Crippen LogP contribution in [0.25, 0.3) is 0 Å². The van der Waals surface area contributed by atoms with Gasteiger partial charge in [0.15, 0.2) is 0 Å². The van der Waals surface area contributed by atoms with Crippen molar-refractivity contribution in [2.45, 2.75) is 47.0 Å². The highest BCUT2D eigenvalue weighted by atomic mass is 14.4. The Kier molecular flexibility index (Phi) is 1.90. The van der Waals surface area contributed by atoms with Gasteiger partial charge in [-0.3, -0.25) is 0 Å². The van der Waals surface area contributed by atoms with Crippen molar-refractivity contribution in [1.29, 1.82) is 0 Å². The highest BCUT2D eigenvalue weighted by Gasteiger charge is 2.39.